The number of nitrogens with two attached hydrogens (primary N) is 1. The molecule has 0 fully saturated rings. The lowest BCUT2D eigenvalue weighted by Crippen LogP contribution is -2.38. The number of hydrogen-bond acceptors (Lipinski definition) is 4. The van der Waals surface area contributed by atoms with Crippen LogP contribution >= 0.6 is 11.8 Å². The largest absolute Gasteiger partial charge is 0.395 e. The first kappa shape index (κ1) is 16.5. The third-order valence-electron chi connectivity index (χ3n) is 3.02. The van der Waals surface area contributed by atoms with E-state index in [4.69, 9.17) is 10.5 Å². The van der Waals surface area contributed by atoms with Crippen LogP contribution in [0.15, 0.2) is 29.2 Å². The Morgan fingerprint density at radius 3 is 2.26 bits per heavy atom. The Kier molecular flexibility index (Phi) is 6.33. The molecular weight excluding hydrogens is 258 g/mol. The first-order valence-electron chi connectivity index (χ1n) is 6.51. The molecule has 3 N–H and O–H groups in total. The van der Waals surface area contributed by atoms with Crippen LogP contribution in [0.4, 0.5) is 0 Å². The first-order chi connectivity index (χ1) is 8.88. The lowest BCUT2D eigenvalue weighted by molar-refractivity contribution is 0.167. The minimum atomic E-state index is -0.165. The summed E-state index contributed by atoms with van der Waals surface area (Å²) >= 11 is 1.60. The fraction of sp³-hybridized carbons (Fsp3) is 0.600. The van der Waals surface area contributed by atoms with E-state index in [2.05, 4.69) is 45.0 Å². The van der Waals surface area contributed by atoms with Gasteiger partial charge in [0.1, 0.15) is 0 Å². The van der Waals surface area contributed by atoms with Crippen LogP contribution in [0, 0.1) is 0 Å². The maximum absolute atomic E-state index is 9.41. The molecule has 3 nitrogen and oxygen atoms in total. The van der Waals surface area contributed by atoms with Gasteiger partial charge in [0.25, 0.3) is 0 Å². The van der Waals surface area contributed by atoms with Gasteiger partial charge >= 0.3 is 0 Å². The highest BCUT2D eigenvalue weighted by Gasteiger charge is 2.19. The summed E-state index contributed by atoms with van der Waals surface area (Å²) in [4.78, 5) is 1.12. The summed E-state index contributed by atoms with van der Waals surface area (Å²) in [6.45, 7) is 7.09. The summed E-state index contributed by atoms with van der Waals surface area (Å²) in [5.41, 5.74) is 7.44. The molecule has 0 aromatic heterocycles. The maximum Gasteiger partial charge on any atom is 0.0625 e. The van der Waals surface area contributed by atoms with E-state index in [1.165, 1.54) is 5.56 Å². The first-order valence-corrected chi connectivity index (χ1v) is 7.39. The molecule has 0 heterocycles. The Balaban J connectivity index is 2.71. The van der Waals surface area contributed by atoms with Crippen molar-refractivity contribution in [2.75, 3.05) is 20.3 Å². The van der Waals surface area contributed by atoms with Gasteiger partial charge in [0, 0.05) is 23.3 Å². The van der Waals surface area contributed by atoms with Gasteiger partial charge in [-0.2, -0.15) is 0 Å². The van der Waals surface area contributed by atoms with Crippen molar-refractivity contribution < 1.29 is 9.84 Å². The highest BCUT2D eigenvalue weighted by Crippen LogP contribution is 2.28. The summed E-state index contributed by atoms with van der Waals surface area (Å²) < 4.78 is 5.04. The lowest BCUT2D eigenvalue weighted by atomic mass is 9.87. The number of rotatable bonds is 6. The molecule has 0 radical (unpaired) electrons. The topological polar surface area (TPSA) is 55.5 Å². The Labute approximate surface area is 120 Å². The zero-order valence-electron chi connectivity index (χ0n) is 12.2. The maximum atomic E-state index is 9.41. The predicted molar refractivity (Wildman–Crippen MR) is 81.7 cm³/mol. The Hall–Kier alpha value is -0.550. The number of aliphatic hydroxyl groups is 1. The van der Waals surface area contributed by atoms with Crippen molar-refractivity contribution in [3.63, 3.8) is 0 Å². The summed E-state index contributed by atoms with van der Waals surface area (Å²) in [5.74, 6) is 0. The summed E-state index contributed by atoms with van der Waals surface area (Å²) in [7, 11) is 1.62. The lowest BCUT2D eigenvalue weighted by Gasteiger charge is -2.22. The van der Waals surface area contributed by atoms with E-state index in [0.717, 1.165) is 4.90 Å². The molecule has 1 aromatic rings. The average Bonchev–Trinajstić information content (AvgIpc) is 2.35. The van der Waals surface area contributed by atoms with Crippen LogP contribution in [-0.4, -0.2) is 36.7 Å². The van der Waals surface area contributed by atoms with Crippen molar-refractivity contribution in [2.24, 2.45) is 5.73 Å². The molecule has 2 atom stereocenters. The standard InChI is InChI=1S/C15H25NO2S/c1-15(2,3)11-5-7-12(8-6-11)19-14(9-17)13(16)10-18-4/h5-8,13-14,17H,9-10,16H2,1-4H3. The molecule has 1 aromatic carbocycles. The number of methoxy groups -OCH3 is 1. The third-order valence-corrected chi connectivity index (χ3v) is 4.37. The van der Waals surface area contributed by atoms with Crippen LogP contribution in [0.2, 0.25) is 0 Å². The Bertz CT molecular complexity index is 373. The molecule has 0 aliphatic carbocycles. The van der Waals surface area contributed by atoms with Crippen LogP contribution in [-0.2, 0) is 10.2 Å². The van der Waals surface area contributed by atoms with Gasteiger partial charge in [-0.1, -0.05) is 32.9 Å². The molecule has 0 spiro atoms. The van der Waals surface area contributed by atoms with Crippen molar-refractivity contribution in [3.05, 3.63) is 29.8 Å². The van der Waals surface area contributed by atoms with Crippen molar-refractivity contribution in [1.82, 2.24) is 0 Å². The summed E-state index contributed by atoms with van der Waals surface area (Å²) in [6, 6.07) is 8.29. The normalized spacial score (nSPS) is 15.3. The molecule has 19 heavy (non-hydrogen) atoms. The molecule has 108 valence electrons. The molecule has 0 saturated heterocycles. The van der Waals surface area contributed by atoms with Gasteiger partial charge in [0.05, 0.1) is 13.2 Å². The molecule has 0 amide bonds. The predicted octanol–water partition coefficient (Wildman–Crippen LogP) is 2.41. The van der Waals surface area contributed by atoms with Crippen molar-refractivity contribution in [3.8, 4) is 0 Å². The molecule has 0 bridgehead atoms. The summed E-state index contributed by atoms with van der Waals surface area (Å²) in [5, 5.41) is 9.37. The molecule has 0 aliphatic rings. The second kappa shape index (κ2) is 7.29. The molecule has 2 unspecified atom stereocenters. The van der Waals surface area contributed by atoms with Gasteiger partial charge in [-0.25, -0.2) is 0 Å². The van der Waals surface area contributed by atoms with E-state index in [9.17, 15) is 5.11 Å². The fourth-order valence-corrected chi connectivity index (χ4v) is 2.74. The second-order valence-corrected chi connectivity index (χ2v) is 7.05. The minimum Gasteiger partial charge on any atom is -0.395 e. The van der Waals surface area contributed by atoms with E-state index in [0.29, 0.717) is 6.61 Å². The summed E-state index contributed by atoms with van der Waals surface area (Å²) in [6.07, 6.45) is 0. The van der Waals surface area contributed by atoms with Crippen LogP contribution in [0.3, 0.4) is 0 Å². The third kappa shape index (κ3) is 5.15. The monoisotopic (exact) mass is 283 g/mol. The number of hydrogen-bond donors (Lipinski definition) is 2. The van der Waals surface area contributed by atoms with Gasteiger partial charge in [-0.05, 0) is 23.1 Å². The number of thioether (sulfide) groups is 1. The Morgan fingerprint density at radius 2 is 1.84 bits per heavy atom. The van der Waals surface area contributed by atoms with E-state index in [1.54, 1.807) is 18.9 Å². The van der Waals surface area contributed by atoms with E-state index in [-0.39, 0.29) is 23.3 Å². The zero-order chi connectivity index (χ0) is 14.5. The fourth-order valence-electron chi connectivity index (χ4n) is 1.77. The number of benzene rings is 1. The van der Waals surface area contributed by atoms with Gasteiger partial charge < -0.3 is 15.6 Å². The smallest absolute Gasteiger partial charge is 0.0625 e. The van der Waals surface area contributed by atoms with E-state index < -0.39 is 0 Å². The van der Waals surface area contributed by atoms with Crippen LogP contribution in [0.1, 0.15) is 26.3 Å². The quantitative estimate of drug-likeness (QED) is 0.787. The van der Waals surface area contributed by atoms with Crippen molar-refractivity contribution in [1.29, 1.82) is 0 Å². The van der Waals surface area contributed by atoms with Crippen molar-refractivity contribution in [2.45, 2.75) is 42.4 Å². The zero-order valence-corrected chi connectivity index (χ0v) is 13.0. The number of aliphatic hydroxyl groups excluding tert-OH is 1. The van der Waals surface area contributed by atoms with Gasteiger partial charge in [-0.15, -0.1) is 11.8 Å². The molecule has 4 heteroatoms. The Morgan fingerprint density at radius 1 is 1.26 bits per heavy atom. The second-order valence-electron chi connectivity index (χ2n) is 5.73. The molecule has 0 aliphatic heterocycles. The number of ether oxygens (including phenoxy) is 1. The average molecular weight is 283 g/mol. The van der Waals surface area contributed by atoms with E-state index >= 15 is 0 Å². The van der Waals surface area contributed by atoms with Crippen LogP contribution in [0.5, 0.6) is 0 Å². The van der Waals surface area contributed by atoms with Crippen LogP contribution in [0.25, 0.3) is 0 Å². The van der Waals surface area contributed by atoms with Gasteiger partial charge in [0.2, 0.25) is 0 Å². The molecule has 0 saturated carbocycles. The van der Waals surface area contributed by atoms with Crippen molar-refractivity contribution >= 4 is 11.8 Å². The van der Waals surface area contributed by atoms with Gasteiger partial charge in [0.15, 0.2) is 0 Å². The van der Waals surface area contributed by atoms with Gasteiger partial charge in [-0.3, -0.25) is 0 Å². The van der Waals surface area contributed by atoms with E-state index in [1.807, 2.05) is 0 Å². The molecule has 1 rings (SSSR count). The molecular formula is C15H25NO2S. The minimum absolute atomic E-state index is 0.0413. The highest BCUT2D eigenvalue weighted by molar-refractivity contribution is 8.00. The van der Waals surface area contributed by atoms with Crippen LogP contribution < -0.4 is 5.73 Å². The highest BCUT2D eigenvalue weighted by atomic mass is 32.2. The SMILES string of the molecule is COCC(N)C(CO)Sc1ccc(C(C)(C)C)cc1.